The van der Waals surface area contributed by atoms with Crippen LogP contribution < -0.4 is 5.32 Å². The molecule has 5 heteroatoms. The molecule has 0 aliphatic heterocycles. The first-order valence-corrected chi connectivity index (χ1v) is 8.89. The summed E-state index contributed by atoms with van der Waals surface area (Å²) >= 11 is 3.80. The van der Waals surface area contributed by atoms with E-state index in [4.69, 9.17) is 9.72 Å². The molecular formula is C14H26N2OS2. The molecule has 0 aliphatic carbocycles. The van der Waals surface area contributed by atoms with Crippen LogP contribution in [0.1, 0.15) is 42.8 Å². The van der Waals surface area contributed by atoms with Crippen LogP contribution in [0.25, 0.3) is 0 Å². The SMILES string of the molecule is CCCNCc1sc(CSCC(C)C)nc1COC. The summed E-state index contributed by atoms with van der Waals surface area (Å²) in [4.78, 5) is 6.04. The largest absolute Gasteiger partial charge is 0.378 e. The highest BCUT2D eigenvalue weighted by Crippen LogP contribution is 2.24. The summed E-state index contributed by atoms with van der Waals surface area (Å²) in [5.41, 5.74) is 1.11. The van der Waals surface area contributed by atoms with Gasteiger partial charge in [0, 0.05) is 24.3 Å². The van der Waals surface area contributed by atoms with Crippen LogP contribution in [-0.2, 0) is 23.6 Å². The monoisotopic (exact) mass is 302 g/mol. The third-order valence-corrected chi connectivity index (χ3v) is 5.15. The van der Waals surface area contributed by atoms with Gasteiger partial charge in [0.1, 0.15) is 5.01 Å². The Kier molecular flexibility index (Phi) is 8.70. The van der Waals surface area contributed by atoms with Gasteiger partial charge in [-0.25, -0.2) is 4.98 Å². The maximum atomic E-state index is 5.24. The van der Waals surface area contributed by atoms with Gasteiger partial charge in [0.05, 0.1) is 12.3 Å². The van der Waals surface area contributed by atoms with E-state index >= 15 is 0 Å². The van der Waals surface area contributed by atoms with E-state index in [9.17, 15) is 0 Å². The summed E-state index contributed by atoms with van der Waals surface area (Å²) in [6.45, 7) is 9.29. The molecule has 110 valence electrons. The molecule has 0 aliphatic rings. The minimum atomic E-state index is 0.620. The molecule has 0 aromatic carbocycles. The van der Waals surface area contributed by atoms with Gasteiger partial charge in [0.25, 0.3) is 0 Å². The lowest BCUT2D eigenvalue weighted by Crippen LogP contribution is -2.14. The number of rotatable bonds is 10. The van der Waals surface area contributed by atoms with Gasteiger partial charge in [-0.3, -0.25) is 0 Å². The number of hydrogen-bond donors (Lipinski definition) is 1. The van der Waals surface area contributed by atoms with E-state index in [0.29, 0.717) is 6.61 Å². The molecule has 0 spiro atoms. The molecule has 1 aromatic rings. The number of ether oxygens (including phenoxy) is 1. The summed E-state index contributed by atoms with van der Waals surface area (Å²) in [5.74, 6) is 2.96. The second kappa shape index (κ2) is 9.75. The zero-order chi connectivity index (χ0) is 14.1. The number of hydrogen-bond acceptors (Lipinski definition) is 5. The van der Waals surface area contributed by atoms with Crippen LogP contribution >= 0.6 is 23.1 Å². The highest BCUT2D eigenvalue weighted by atomic mass is 32.2. The third-order valence-electron chi connectivity index (χ3n) is 2.49. The molecule has 0 radical (unpaired) electrons. The standard InChI is InChI=1S/C14H26N2OS2/c1-5-6-15-7-13-12(8-17-4)16-14(19-13)10-18-9-11(2)3/h11,15H,5-10H2,1-4H3. The number of nitrogens with zero attached hydrogens (tertiary/aromatic N) is 1. The molecule has 0 atom stereocenters. The van der Waals surface area contributed by atoms with E-state index in [0.717, 1.165) is 36.9 Å². The lowest BCUT2D eigenvalue weighted by Gasteiger charge is -2.02. The van der Waals surface area contributed by atoms with E-state index in [1.807, 2.05) is 23.1 Å². The molecule has 0 saturated heterocycles. The predicted octanol–water partition coefficient (Wildman–Crippen LogP) is 3.68. The van der Waals surface area contributed by atoms with Crippen molar-refractivity contribution in [2.45, 2.75) is 46.1 Å². The highest BCUT2D eigenvalue weighted by molar-refractivity contribution is 7.98. The van der Waals surface area contributed by atoms with E-state index in [2.05, 4.69) is 26.1 Å². The molecule has 0 saturated carbocycles. The minimum Gasteiger partial charge on any atom is -0.378 e. The van der Waals surface area contributed by atoms with E-state index in [-0.39, 0.29) is 0 Å². The molecule has 1 N–H and O–H groups in total. The number of nitrogens with one attached hydrogen (secondary N) is 1. The fourth-order valence-electron chi connectivity index (χ4n) is 1.65. The molecule has 1 aromatic heterocycles. The van der Waals surface area contributed by atoms with E-state index < -0.39 is 0 Å². The fraction of sp³-hybridized carbons (Fsp3) is 0.786. The maximum absolute atomic E-state index is 5.24. The van der Waals surface area contributed by atoms with E-state index in [1.54, 1.807) is 7.11 Å². The summed E-state index contributed by atoms with van der Waals surface area (Å²) in [5, 5.41) is 4.67. The summed E-state index contributed by atoms with van der Waals surface area (Å²) in [6.07, 6.45) is 1.16. The highest BCUT2D eigenvalue weighted by Gasteiger charge is 2.11. The first kappa shape index (κ1) is 17.0. The Morgan fingerprint density at radius 3 is 2.84 bits per heavy atom. The molecular weight excluding hydrogens is 276 g/mol. The zero-order valence-corrected chi connectivity index (χ0v) is 14.1. The molecule has 0 fully saturated rings. The van der Waals surface area contributed by atoms with Crippen LogP contribution in [-0.4, -0.2) is 24.4 Å². The molecule has 0 unspecified atom stereocenters. The average Bonchev–Trinajstić information content (AvgIpc) is 2.72. The van der Waals surface area contributed by atoms with Crippen LogP contribution in [0.5, 0.6) is 0 Å². The van der Waals surface area contributed by atoms with Crippen molar-refractivity contribution in [1.82, 2.24) is 10.3 Å². The van der Waals surface area contributed by atoms with Crippen molar-refractivity contribution in [2.75, 3.05) is 19.4 Å². The molecule has 0 amide bonds. The summed E-state index contributed by atoms with van der Waals surface area (Å²) in [7, 11) is 1.73. The van der Waals surface area contributed by atoms with Gasteiger partial charge in [-0.15, -0.1) is 11.3 Å². The number of thiazole rings is 1. The molecule has 1 rings (SSSR count). The summed E-state index contributed by atoms with van der Waals surface area (Å²) < 4.78 is 5.24. The smallest absolute Gasteiger partial charge is 0.103 e. The zero-order valence-electron chi connectivity index (χ0n) is 12.5. The van der Waals surface area contributed by atoms with Gasteiger partial charge in [-0.05, 0) is 24.6 Å². The van der Waals surface area contributed by atoms with Crippen molar-refractivity contribution in [3.63, 3.8) is 0 Å². The Balaban J connectivity index is 2.54. The molecule has 0 bridgehead atoms. The first-order valence-electron chi connectivity index (χ1n) is 6.92. The summed E-state index contributed by atoms with van der Waals surface area (Å²) in [6, 6.07) is 0. The lowest BCUT2D eigenvalue weighted by atomic mass is 10.3. The fourth-order valence-corrected chi connectivity index (χ4v) is 3.80. The normalized spacial score (nSPS) is 11.4. The number of methoxy groups -OCH3 is 1. The van der Waals surface area contributed by atoms with Crippen molar-refractivity contribution in [3.05, 3.63) is 15.6 Å². The second-order valence-corrected chi connectivity index (χ2v) is 7.19. The van der Waals surface area contributed by atoms with Gasteiger partial charge in [0.15, 0.2) is 0 Å². The van der Waals surface area contributed by atoms with Gasteiger partial charge < -0.3 is 10.1 Å². The predicted molar refractivity (Wildman–Crippen MR) is 85.8 cm³/mol. The van der Waals surface area contributed by atoms with Crippen LogP contribution in [0, 0.1) is 5.92 Å². The number of aromatic nitrogens is 1. The lowest BCUT2D eigenvalue weighted by molar-refractivity contribution is 0.181. The molecule has 19 heavy (non-hydrogen) atoms. The van der Waals surface area contributed by atoms with E-state index in [1.165, 1.54) is 15.6 Å². The van der Waals surface area contributed by atoms with Gasteiger partial charge in [-0.2, -0.15) is 11.8 Å². The van der Waals surface area contributed by atoms with Crippen molar-refractivity contribution >= 4 is 23.1 Å². The Hall–Kier alpha value is -0.100. The van der Waals surface area contributed by atoms with Crippen LogP contribution in [0.15, 0.2) is 0 Å². The Labute approximate surface area is 125 Å². The average molecular weight is 303 g/mol. The van der Waals surface area contributed by atoms with Gasteiger partial charge in [-0.1, -0.05) is 20.8 Å². The van der Waals surface area contributed by atoms with Crippen molar-refractivity contribution in [2.24, 2.45) is 5.92 Å². The van der Waals surface area contributed by atoms with Crippen LogP contribution in [0.2, 0.25) is 0 Å². The second-order valence-electron chi connectivity index (χ2n) is 5.00. The van der Waals surface area contributed by atoms with Crippen molar-refractivity contribution in [3.8, 4) is 0 Å². The van der Waals surface area contributed by atoms with Crippen molar-refractivity contribution < 1.29 is 4.74 Å². The Morgan fingerprint density at radius 2 is 2.21 bits per heavy atom. The Bertz CT molecular complexity index is 353. The quantitative estimate of drug-likeness (QED) is 0.669. The van der Waals surface area contributed by atoms with Crippen molar-refractivity contribution in [1.29, 1.82) is 0 Å². The van der Waals surface area contributed by atoms with Gasteiger partial charge >= 0.3 is 0 Å². The third kappa shape index (κ3) is 6.75. The topological polar surface area (TPSA) is 34.2 Å². The Morgan fingerprint density at radius 1 is 1.42 bits per heavy atom. The van der Waals surface area contributed by atoms with Crippen LogP contribution in [0.4, 0.5) is 0 Å². The first-order chi connectivity index (χ1) is 9.17. The maximum Gasteiger partial charge on any atom is 0.103 e. The minimum absolute atomic E-state index is 0.620. The van der Waals surface area contributed by atoms with Crippen LogP contribution in [0.3, 0.4) is 0 Å². The molecule has 3 nitrogen and oxygen atoms in total. The number of thioether (sulfide) groups is 1. The van der Waals surface area contributed by atoms with Gasteiger partial charge in [0.2, 0.25) is 0 Å². The molecule has 1 heterocycles.